The van der Waals surface area contributed by atoms with Crippen LogP contribution >= 0.6 is 0 Å². The second kappa shape index (κ2) is 3.95. The van der Waals surface area contributed by atoms with E-state index in [1.165, 1.54) is 6.08 Å². The number of likely N-dealkylation sites (N-methyl/N-ethyl adjacent to an activating group) is 1. The predicted octanol–water partition coefficient (Wildman–Crippen LogP) is 0.0361. The molecule has 2 aliphatic heterocycles. The Balaban J connectivity index is 1.85. The van der Waals surface area contributed by atoms with Crippen molar-refractivity contribution in [2.24, 2.45) is 11.3 Å². The van der Waals surface area contributed by atoms with Crippen LogP contribution in [-0.4, -0.2) is 63.6 Å². The Morgan fingerprint density at radius 2 is 2.17 bits per heavy atom. The summed E-state index contributed by atoms with van der Waals surface area (Å²) in [5.41, 5.74) is 0.423. The smallest absolute Gasteiger partial charge is 0.249 e. The Labute approximate surface area is 133 Å². The molecule has 6 heteroatoms. The highest BCUT2D eigenvalue weighted by Crippen LogP contribution is 2.66. The molecule has 0 aromatic rings. The lowest BCUT2D eigenvalue weighted by Crippen LogP contribution is -2.64. The highest BCUT2D eigenvalue weighted by atomic mass is 16.7. The van der Waals surface area contributed by atoms with Gasteiger partial charge in [-0.05, 0) is 32.5 Å². The maximum Gasteiger partial charge on any atom is 0.249 e. The van der Waals surface area contributed by atoms with Gasteiger partial charge >= 0.3 is 0 Å². The topological polar surface area (TPSA) is 90.2 Å². The molecule has 0 amide bonds. The monoisotopic (exact) mass is 317 g/mol. The molecule has 6 atom stereocenters. The minimum absolute atomic E-state index is 0.00436. The molecule has 0 aromatic heterocycles. The van der Waals surface area contributed by atoms with Gasteiger partial charge in [0.05, 0.1) is 12.1 Å². The highest BCUT2D eigenvalue weighted by Gasteiger charge is 2.72. The predicted molar refractivity (Wildman–Crippen MR) is 79.3 cm³/mol. The van der Waals surface area contributed by atoms with Gasteiger partial charge in [0.2, 0.25) is 5.79 Å². The maximum atomic E-state index is 13.1. The fourth-order valence-electron chi connectivity index (χ4n) is 5.52. The van der Waals surface area contributed by atoms with Gasteiger partial charge in [0.25, 0.3) is 0 Å². The summed E-state index contributed by atoms with van der Waals surface area (Å²) in [5.74, 6) is -2.40. The zero-order valence-electron chi connectivity index (χ0n) is 12.8. The largest absolute Gasteiger partial charge is 0.507 e. The molecule has 2 fully saturated rings. The van der Waals surface area contributed by atoms with Crippen LogP contribution in [0.3, 0.4) is 0 Å². The van der Waals surface area contributed by atoms with Crippen molar-refractivity contribution in [3.8, 4) is 0 Å². The van der Waals surface area contributed by atoms with Crippen molar-refractivity contribution in [3.63, 3.8) is 0 Å². The summed E-state index contributed by atoms with van der Waals surface area (Å²) < 4.78 is 5.83. The van der Waals surface area contributed by atoms with Gasteiger partial charge < -0.3 is 20.1 Å². The van der Waals surface area contributed by atoms with Crippen LogP contribution in [0.1, 0.15) is 12.8 Å². The molecule has 23 heavy (non-hydrogen) atoms. The van der Waals surface area contributed by atoms with Gasteiger partial charge in [0.15, 0.2) is 11.5 Å². The maximum absolute atomic E-state index is 13.1. The van der Waals surface area contributed by atoms with E-state index >= 15 is 0 Å². The van der Waals surface area contributed by atoms with Crippen LogP contribution in [0.5, 0.6) is 0 Å². The van der Waals surface area contributed by atoms with Crippen molar-refractivity contribution in [2.75, 3.05) is 13.6 Å². The van der Waals surface area contributed by atoms with Crippen LogP contribution in [-0.2, 0) is 9.53 Å². The number of aliphatic hydroxyl groups excluding tert-OH is 2. The molecule has 1 unspecified atom stereocenters. The number of hydrogen-bond donors (Lipinski definition) is 3. The van der Waals surface area contributed by atoms with Crippen molar-refractivity contribution >= 4 is 5.78 Å². The number of allylic oxidation sites excluding steroid dienone is 1. The average molecular weight is 317 g/mol. The molecule has 6 nitrogen and oxygen atoms in total. The number of carbonyl (C=O) groups excluding carboxylic acids is 1. The van der Waals surface area contributed by atoms with Gasteiger partial charge in [-0.15, -0.1) is 0 Å². The van der Waals surface area contributed by atoms with E-state index < -0.39 is 23.4 Å². The van der Waals surface area contributed by atoms with E-state index in [2.05, 4.69) is 4.90 Å². The molecule has 5 aliphatic rings. The summed E-state index contributed by atoms with van der Waals surface area (Å²) in [7, 11) is 1.94. The van der Waals surface area contributed by atoms with E-state index in [1.54, 1.807) is 6.08 Å². The fourth-order valence-corrected chi connectivity index (χ4v) is 5.52. The fraction of sp³-hybridized carbons (Fsp3) is 0.588. The molecule has 3 aliphatic carbocycles. The minimum atomic E-state index is -1.97. The van der Waals surface area contributed by atoms with E-state index in [1.807, 2.05) is 13.1 Å². The third-order valence-electron chi connectivity index (χ3n) is 6.44. The number of piperidine rings is 1. The third-order valence-corrected chi connectivity index (χ3v) is 6.44. The zero-order valence-corrected chi connectivity index (χ0v) is 12.8. The first-order chi connectivity index (χ1) is 10.9. The Morgan fingerprint density at radius 1 is 1.39 bits per heavy atom. The van der Waals surface area contributed by atoms with E-state index in [9.17, 15) is 20.1 Å². The van der Waals surface area contributed by atoms with Gasteiger partial charge in [-0.3, -0.25) is 9.69 Å². The average Bonchev–Trinajstić information content (AvgIpc) is 2.80. The summed E-state index contributed by atoms with van der Waals surface area (Å²) in [6, 6.07) is -0.298. The zero-order chi connectivity index (χ0) is 16.1. The lowest BCUT2D eigenvalue weighted by molar-refractivity contribution is -0.193. The number of carbonyl (C=O) groups is 1. The van der Waals surface area contributed by atoms with Crippen LogP contribution in [0.25, 0.3) is 0 Å². The van der Waals surface area contributed by atoms with E-state index in [-0.39, 0.29) is 23.5 Å². The van der Waals surface area contributed by atoms with Gasteiger partial charge in [-0.2, -0.15) is 0 Å². The second-order valence-corrected chi connectivity index (χ2v) is 7.31. The number of ketones is 1. The van der Waals surface area contributed by atoms with Gasteiger partial charge in [0, 0.05) is 22.5 Å². The Kier molecular flexibility index (Phi) is 2.39. The number of ether oxygens (including phenoxy) is 1. The van der Waals surface area contributed by atoms with Crippen LogP contribution in [0, 0.1) is 11.3 Å². The first-order valence-electron chi connectivity index (χ1n) is 8.06. The van der Waals surface area contributed by atoms with Crippen molar-refractivity contribution in [3.05, 3.63) is 35.1 Å². The quantitative estimate of drug-likeness (QED) is 0.547. The van der Waals surface area contributed by atoms with Gasteiger partial charge in [-0.1, -0.05) is 12.2 Å². The molecular formula is C17H19NO5. The Morgan fingerprint density at radius 3 is 2.96 bits per heavy atom. The lowest BCUT2D eigenvalue weighted by Gasteiger charge is -2.56. The molecule has 5 rings (SSSR count). The Bertz CT molecular complexity index is 724. The first-order valence-corrected chi connectivity index (χ1v) is 8.06. The van der Waals surface area contributed by atoms with Crippen molar-refractivity contribution in [2.45, 2.75) is 36.9 Å². The van der Waals surface area contributed by atoms with Crippen molar-refractivity contribution < 1.29 is 24.9 Å². The molecule has 1 spiro atoms. The number of Topliss-reactive ketones (excluding diaryl/α,β-unsaturated/α-hetero) is 1. The molecular weight excluding hydrogens is 298 g/mol. The molecule has 122 valence electrons. The molecule has 3 N–H and O–H groups in total. The molecule has 2 heterocycles. The van der Waals surface area contributed by atoms with E-state index in [0.29, 0.717) is 30.5 Å². The van der Waals surface area contributed by atoms with Crippen molar-refractivity contribution in [1.29, 1.82) is 0 Å². The van der Waals surface area contributed by atoms with E-state index in [0.717, 1.165) is 0 Å². The number of likely N-dealkylation sites (tertiary alicyclic amines) is 1. The molecule has 2 saturated heterocycles. The standard InChI is InChI=1S/C17H19NO5/c1-18-7-6-16-9-3-4-10(19)15(16)23-17(22)11(20)5-2-8(14(16)17)13(21)12(9)18/h3-5,9-10,12,15,19-20,22H,2,6-7H2,1H3/t9-,10-,12-,15-,16-,17?/m0/s1. The molecule has 0 saturated carbocycles. The summed E-state index contributed by atoms with van der Waals surface area (Å²) >= 11 is 0. The Hall–Kier alpha value is -1.47. The number of aliphatic hydroxyl groups is 3. The first kappa shape index (κ1) is 13.9. The van der Waals surface area contributed by atoms with Crippen LogP contribution in [0.15, 0.2) is 35.1 Å². The highest BCUT2D eigenvalue weighted by molar-refractivity contribution is 6.03. The summed E-state index contributed by atoms with van der Waals surface area (Å²) in [6.45, 7) is 0.685. The minimum Gasteiger partial charge on any atom is -0.507 e. The molecule has 2 bridgehead atoms. The van der Waals surface area contributed by atoms with Crippen molar-refractivity contribution in [1.82, 2.24) is 4.90 Å². The van der Waals surface area contributed by atoms with Crippen LogP contribution in [0.4, 0.5) is 0 Å². The summed E-state index contributed by atoms with van der Waals surface area (Å²) in [6.07, 6.45) is 4.47. The summed E-state index contributed by atoms with van der Waals surface area (Å²) in [4.78, 5) is 15.1. The third kappa shape index (κ3) is 1.30. The summed E-state index contributed by atoms with van der Waals surface area (Å²) in [5, 5.41) is 31.7. The number of hydrogen-bond acceptors (Lipinski definition) is 6. The van der Waals surface area contributed by atoms with Crippen LogP contribution < -0.4 is 0 Å². The van der Waals surface area contributed by atoms with Crippen LogP contribution in [0.2, 0.25) is 0 Å². The second-order valence-electron chi connectivity index (χ2n) is 7.31. The number of nitrogens with zero attached hydrogens (tertiary/aromatic N) is 1. The van der Waals surface area contributed by atoms with E-state index in [4.69, 9.17) is 4.74 Å². The van der Waals surface area contributed by atoms with Gasteiger partial charge in [-0.25, -0.2) is 0 Å². The molecule has 0 radical (unpaired) electrons. The molecule has 0 aromatic carbocycles. The SMILES string of the molecule is CN1CC[C@]23C4=C5CC=C(O)C4(O)O[C@H]2[C@@H](O)C=C[C@H]3[C@H]1C5=O. The lowest BCUT2D eigenvalue weighted by atomic mass is 9.51. The normalized spacial score (nSPS) is 50.9. The number of rotatable bonds is 0. The van der Waals surface area contributed by atoms with Gasteiger partial charge in [0.1, 0.15) is 6.10 Å².